The third kappa shape index (κ3) is 6.42. The normalized spacial score (nSPS) is 16.8. The van der Waals surface area contributed by atoms with Gasteiger partial charge in [-0.05, 0) is 31.0 Å². The van der Waals surface area contributed by atoms with E-state index < -0.39 is 23.8 Å². The summed E-state index contributed by atoms with van der Waals surface area (Å²) in [6.07, 6.45) is 0.687. The van der Waals surface area contributed by atoms with Crippen LogP contribution in [-0.2, 0) is 25.7 Å². The number of esters is 2. The second-order valence-electron chi connectivity index (χ2n) is 8.70. The Labute approximate surface area is 217 Å². The van der Waals surface area contributed by atoms with Crippen LogP contribution in [0.25, 0.3) is 5.70 Å². The zero-order valence-corrected chi connectivity index (χ0v) is 21.0. The molecule has 0 amide bonds. The Hall–Kier alpha value is -4.43. The zero-order valence-electron chi connectivity index (χ0n) is 21.0. The van der Waals surface area contributed by atoms with Gasteiger partial charge in [-0.25, -0.2) is 4.79 Å². The van der Waals surface area contributed by atoms with Gasteiger partial charge in [0.05, 0.1) is 23.8 Å². The summed E-state index contributed by atoms with van der Waals surface area (Å²) in [4.78, 5) is 31.7. The van der Waals surface area contributed by atoms with E-state index in [1.54, 1.807) is 6.92 Å². The molecule has 1 aliphatic heterocycles. The van der Waals surface area contributed by atoms with Crippen LogP contribution in [0, 0.1) is 23.7 Å². The Balaban J connectivity index is 1.82. The second kappa shape index (κ2) is 12.5. The number of rotatable bonds is 7. The lowest BCUT2D eigenvalue weighted by Gasteiger charge is -2.29. The van der Waals surface area contributed by atoms with Gasteiger partial charge in [0.15, 0.2) is 0 Å². The Kier molecular flexibility index (Phi) is 8.67. The molecule has 0 N–H and O–H groups in total. The van der Waals surface area contributed by atoms with Crippen LogP contribution in [-0.4, -0.2) is 24.3 Å². The average Bonchev–Trinajstić information content (AvgIpc) is 2.94. The van der Waals surface area contributed by atoms with Gasteiger partial charge in [0.1, 0.15) is 12.5 Å². The summed E-state index contributed by atoms with van der Waals surface area (Å²) >= 11 is 0. The Morgan fingerprint density at radius 3 is 2.14 bits per heavy atom. The maximum Gasteiger partial charge on any atom is 0.337 e. The minimum atomic E-state index is -0.825. The van der Waals surface area contributed by atoms with E-state index in [0.717, 1.165) is 16.7 Å². The molecule has 0 saturated heterocycles. The lowest BCUT2D eigenvalue weighted by molar-refractivity contribution is -0.147. The molecule has 2 unspecified atom stereocenters. The van der Waals surface area contributed by atoms with Crippen molar-refractivity contribution in [2.24, 2.45) is 16.8 Å². The number of carbonyl (C=O) groups is 2. The van der Waals surface area contributed by atoms with E-state index in [2.05, 4.69) is 11.8 Å². The number of ether oxygens (including phenoxy) is 2. The fourth-order valence-corrected chi connectivity index (χ4v) is 4.14. The molecule has 1 heterocycles. The first-order chi connectivity index (χ1) is 18.1. The highest BCUT2D eigenvalue weighted by Crippen LogP contribution is 2.37. The molecule has 3 aromatic carbocycles. The Morgan fingerprint density at radius 2 is 1.49 bits per heavy atom. The SMILES string of the molecule is CCCOC(=O)C1C(C)=NC(c2ccccc2)=C(C(=O)OCc2ccccc2)C1C#Cc1ccccc1. The van der Waals surface area contributed by atoms with Crippen LogP contribution >= 0.6 is 0 Å². The summed E-state index contributed by atoms with van der Waals surface area (Å²) in [7, 11) is 0. The molecule has 5 heteroatoms. The van der Waals surface area contributed by atoms with Crippen molar-refractivity contribution in [2.45, 2.75) is 26.9 Å². The molecule has 4 rings (SSSR count). The summed E-state index contributed by atoms with van der Waals surface area (Å²) in [5, 5.41) is 0. The standard InChI is InChI=1S/C32H29NO4/c1-3-21-36-31(34)28-23(2)33-30(26-17-11-6-12-18-26)29(27(28)20-19-24-13-7-4-8-14-24)32(35)37-22-25-15-9-5-10-16-25/h4-18,27-28H,3,21-22H2,1-2H3. The maximum absolute atomic E-state index is 13.7. The van der Waals surface area contributed by atoms with Crippen molar-refractivity contribution in [3.8, 4) is 11.8 Å². The van der Waals surface area contributed by atoms with E-state index in [0.29, 0.717) is 17.8 Å². The number of benzene rings is 3. The van der Waals surface area contributed by atoms with E-state index in [1.165, 1.54) is 0 Å². The van der Waals surface area contributed by atoms with Crippen molar-refractivity contribution >= 4 is 23.3 Å². The van der Waals surface area contributed by atoms with Gasteiger partial charge in [0.2, 0.25) is 0 Å². The maximum atomic E-state index is 13.7. The number of carbonyl (C=O) groups excluding carboxylic acids is 2. The molecule has 37 heavy (non-hydrogen) atoms. The van der Waals surface area contributed by atoms with E-state index in [4.69, 9.17) is 14.5 Å². The van der Waals surface area contributed by atoms with Crippen LogP contribution < -0.4 is 0 Å². The van der Waals surface area contributed by atoms with E-state index in [1.807, 2.05) is 97.9 Å². The minimum Gasteiger partial charge on any atom is -0.465 e. The molecule has 0 spiro atoms. The van der Waals surface area contributed by atoms with Gasteiger partial charge < -0.3 is 9.47 Å². The zero-order chi connectivity index (χ0) is 26.0. The van der Waals surface area contributed by atoms with Crippen molar-refractivity contribution in [3.05, 3.63) is 113 Å². The largest absolute Gasteiger partial charge is 0.465 e. The van der Waals surface area contributed by atoms with Crippen LogP contribution in [0.3, 0.4) is 0 Å². The van der Waals surface area contributed by atoms with E-state index in [9.17, 15) is 9.59 Å². The summed E-state index contributed by atoms with van der Waals surface area (Å²) in [5.41, 5.74) is 3.66. The monoisotopic (exact) mass is 491 g/mol. The first-order valence-corrected chi connectivity index (χ1v) is 12.4. The molecular formula is C32H29NO4. The van der Waals surface area contributed by atoms with Gasteiger partial charge in [-0.2, -0.15) is 0 Å². The molecule has 0 aliphatic carbocycles. The quantitative estimate of drug-likeness (QED) is 0.307. The van der Waals surface area contributed by atoms with Gasteiger partial charge in [-0.3, -0.25) is 9.79 Å². The topological polar surface area (TPSA) is 65.0 Å². The molecule has 3 aromatic rings. The second-order valence-corrected chi connectivity index (χ2v) is 8.70. The summed E-state index contributed by atoms with van der Waals surface area (Å²) in [6.45, 7) is 4.09. The van der Waals surface area contributed by atoms with E-state index in [-0.39, 0.29) is 18.8 Å². The van der Waals surface area contributed by atoms with Crippen LogP contribution in [0.15, 0.2) is 102 Å². The number of hydrogen-bond acceptors (Lipinski definition) is 5. The number of nitrogens with zero attached hydrogens (tertiary/aromatic N) is 1. The highest BCUT2D eigenvalue weighted by Gasteiger charge is 2.42. The van der Waals surface area contributed by atoms with Gasteiger partial charge in [-0.15, -0.1) is 0 Å². The molecule has 0 bridgehead atoms. The summed E-state index contributed by atoms with van der Waals surface area (Å²) < 4.78 is 11.3. The predicted molar refractivity (Wildman–Crippen MR) is 144 cm³/mol. The number of hydrogen-bond donors (Lipinski definition) is 0. The first-order valence-electron chi connectivity index (χ1n) is 12.4. The number of aliphatic imine (C=N–C) groups is 1. The smallest absolute Gasteiger partial charge is 0.337 e. The molecule has 1 aliphatic rings. The van der Waals surface area contributed by atoms with Gasteiger partial charge in [0, 0.05) is 16.8 Å². The highest BCUT2D eigenvalue weighted by molar-refractivity contribution is 6.11. The third-order valence-corrected chi connectivity index (χ3v) is 5.97. The Bertz CT molecular complexity index is 1350. The minimum absolute atomic E-state index is 0.0950. The summed E-state index contributed by atoms with van der Waals surface area (Å²) in [6, 6.07) is 28.4. The Morgan fingerprint density at radius 1 is 0.865 bits per heavy atom. The molecule has 0 radical (unpaired) electrons. The average molecular weight is 492 g/mol. The molecular weight excluding hydrogens is 462 g/mol. The van der Waals surface area contributed by atoms with Crippen molar-refractivity contribution in [3.63, 3.8) is 0 Å². The molecule has 186 valence electrons. The van der Waals surface area contributed by atoms with Crippen molar-refractivity contribution in [1.29, 1.82) is 0 Å². The van der Waals surface area contributed by atoms with Crippen LogP contribution in [0.4, 0.5) is 0 Å². The summed E-state index contributed by atoms with van der Waals surface area (Å²) in [5.74, 6) is 3.75. The van der Waals surface area contributed by atoms with E-state index >= 15 is 0 Å². The van der Waals surface area contributed by atoms with Crippen LogP contribution in [0.1, 0.15) is 37.0 Å². The van der Waals surface area contributed by atoms with Gasteiger partial charge >= 0.3 is 11.9 Å². The van der Waals surface area contributed by atoms with Crippen LogP contribution in [0.2, 0.25) is 0 Å². The molecule has 0 fully saturated rings. The lowest BCUT2D eigenvalue weighted by atomic mass is 9.79. The van der Waals surface area contributed by atoms with Crippen LogP contribution in [0.5, 0.6) is 0 Å². The predicted octanol–water partition coefficient (Wildman–Crippen LogP) is 5.85. The highest BCUT2D eigenvalue weighted by atomic mass is 16.5. The van der Waals surface area contributed by atoms with Crippen molar-refractivity contribution in [1.82, 2.24) is 0 Å². The van der Waals surface area contributed by atoms with Gasteiger partial charge in [0.25, 0.3) is 0 Å². The fourth-order valence-electron chi connectivity index (χ4n) is 4.14. The first kappa shape index (κ1) is 25.7. The molecule has 2 atom stereocenters. The molecule has 0 saturated carbocycles. The van der Waals surface area contributed by atoms with Gasteiger partial charge in [-0.1, -0.05) is 97.6 Å². The van der Waals surface area contributed by atoms with Crippen molar-refractivity contribution < 1.29 is 19.1 Å². The fraction of sp³-hybridized carbons (Fsp3) is 0.219. The molecule has 5 nitrogen and oxygen atoms in total. The molecule has 0 aromatic heterocycles. The lowest BCUT2D eigenvalue weighted by Crippen LogP contribution is -2.37. The van der Waals surface area contributed by atoms with Crippen molar-refractivity contribution in [2.75, 3.05) is 6.61 Å². The third-order valence-electron chi connectivity index (χ3n) is 5.97.